The molecule has 0 saturated heterocycles. The first-order chi connectivity index (χ1) is 4.04. The van der Waals surface area contributed by atoms with E-state index in [1.165, 1.54) is 0 Å². The van der Waals surface area contributed by atoms with Crippen LogP contribution in [0.2, 0.25) is 0 Å². The van der Waals surface area contributed by atoms with Crippen LogP contribution in [0.25, 0.3) is 0 Å². The maximum atomic E-state index is 9.97. The zero-order valence-corrected chi connectivity index (χ0v) is 4.33. The summed E-state index contributed by atoms with van der Waals surface area (Å²) in [6.45, 7) is 0. The molecule has 0 aromatic carbocycles. The molecule has 2 N–H and O–H groups in total. The van der Waals surface area contributed by atoms with Crippen molar-refractivity contribution in [3.8, 4) is 0 Å². The van der Waals surface area contributed by atoms with Crippen LogP contribution in [0.4, 0.5) is 0 Å². The Morgan fingerprint density at radius 1 is 1.11 bits per heavy atom. The molecule has 0 saturated carbocycles. The quantitative estimate of drug-likeness (QED) is 0.297. The summed E-state index contributed by atoms with van der Waals surface area (Å²) in [5.74, 6) is -4.44. The van der Waals surface area contributed by atoms with Crippen molar-refractivity contribution in [1.29, 1.82) is 0 Å². The molecule has 0 unspecified atom stereocenters. The van der Waals surface area contributed by atoms with Gasteiger partial charge in [0.25, 0.3) is 5.78 Å². The van der Waals surface area contributed by atoms with Gasteiger partial charge in [-0.3, -0.25) is 9.59 Å². The van der Waals surface area contributed by atoms with Crippen LogP contribution in [0.15, 0.2) is 0 Å². The number of carbonyl (C=O) groups is 3. The predicted molar refractivity (Wildman–Crippen MR) is 24.9 cm³/mol. The fraction of sp³-hybridized carbons (Fsp3) is 0.250. The van der Waals surface area contributed by atoms with Gasteiger partial charge in [0, 0.05) is 0 Å². The Morgan fingerprint density at radius 2 is 1.56 bits per heavy atom. The van der Waals surface area contributed by atoms with Gasteiger partial charge in [-0.15, -0.1) is 0 Å². The Balaban J connectivity index is 3.79. The topological polar surface area (TPSA) is 91.7 Å². The number of carboxylic acids is 2. The molecule has 0 bridgehead atoms. The highest BCUT2D eigenvalue weighted by Gasteiger charge is 2.14. The van der Waals surface area contributed by atoms with E-state index in [1.54, 1.807) is 0 Å². The van der Waals surface area contributed by atoms with Crippen LogP contribution in [-0.2, 0) is 14.4 Å². The molecule has 0 heterocycles. The van der Waals surface area contributed by atoms with E-state index in [1.807, 2.05) is 0 Å². The number of rotatable bonds is 3. The van der Waals surface area contributed by atoms with Gasteiger partial charge in [-0.2, -0.15) is 0 Å². The zero-order valence-electron chi connectivity index (χ0n) is 4.33. The van der Waals surface area contributed by atoms with Crippen molar-refractivity contribution in [2.75, 3.05) is 0 Å². The average molecular weight is 134 g/mol. The molecular weight excluding hydrogens is 130 g/mol. The Bertz CT molecular complexity index is 158. The van der Waals surface area contributed by atoms with Crippen molar-refractivity contribution in [2.24, 2.45) is 0 Å². The van der Waals surface area contributed by atoms with Crippen molar-refractivity contribution >= 4 is 17.7 Å². The monoisotopic (exact) mass is 134 g/mol. The van der Waals surface area contributed by atoms with E-state index in [-0.39, 0.29) is 0 Å². The minimum Gasteiger partial charge on any atom is -0.481 e. The van der Waals surface area contributed by atoms with E-state index in [9.17, 15) is 14.4 Å². The molecule has 0 aromatic rings. The molecule has 5 nitrogen and oxygen atoms in total. The highest BCUT2D eigenvalue weighted by atomic mass is 16.5. The molecule has 0 aliphatic rings. The third-order valence-electron chi connectivity index (χ3n) is 0.550. The lowest BCUT2D eigenvalue weighted by Crippen LogP contribution is -2.16. The lowest BCUT2D eigenvalue weighted by molar-refractivity contribution is -0.152. The molecule has 5 heteroatoms. The van der Waals surface area contributed by atoms with Crippen molar-refractivity contribution in [1.82, 2.24) is 0 Å². The maximum Gasteiger partial charge on any atom is 0.372 e. The number of aliphatic carboxylic acids is 2. The minimum atomic E-state index is -1.71. The van der Waals surface area contributed by atoms with Crippen molar-refractivity contribution in [3.05, 3.63) is 0 Å². The van der Waals surface area contributed by atoms with E-state index >= 15 is 0 Å². The number of carboxylic acid groups (broad SMARTS) is 2. The van der Waals surface area contributed by atoms with E-state index < -0.39 is 24.1 Å². The summed E-state index contributed by atoms with van der Waals surface area (Å²) < 4.78 is 0. The number of Topliss-reactive ketones (excluding diaryl/α,β-unsaturated/α-hetero) is 1. The summed E-state index contributed by atoms with van der Waals surface area (Å²) in [5.41, 5.74) is 0. The van der Waals surface area contributed by atoms with E-state index in [4.69, 9.17) is 10.2 Å². The molecule has 0 spiro atoms. The summed E-state index contributed by atoms with van der Waals surface area (Å²) >= 11 is 0. The van der Waals surface area contributed by atoms with Gasteiger partial charge >= 0.3 is 11.9 Å². The van der Waals surface area contributed by atoms with Crippen molar-refractivity contribution < 1.29 is 24.6 Å². The van der Waals surface area contributed by atoms with Crippen LogP contribution in [0.5, 0.6) is 0 Å². The Labute approximate surface area is 49.9 Å². The zero-order chi connectivity index (χ0) is 7.44. The Hall–Kier alpha value is -1.39. The summed E-state index contributed by atoms with van der Waals surface area (Å²) in [5, 5.41) is 15.7. The SMILES string of the molecule is O=C(O)[13C](=O)C[13C](=O)O. The molecule has 0 radical (unpaired) electrons. The molecule has 0 rings (SSSR count). The van der Waals surface area contributed by atoms with Crippen molar-refractivity contribution in [2.45, 2.75) is 6.42 Å². The van der Waals surface area contributed by atoms with Gasteiger partial charge < -0.3 is 10.2 Å². The summed E-state index contributed by atoms with van der Waals surface area (Å²) in [7, 11) is 0. The highest BCUT2D eigenvalue weighted by Crippen LogP contribution is 1.81. The van der Waals surface area contributed by atoms with Crippen LogP contribution < -0.4 is 0 Å². The first kappa shape index (κ1) is 7.61. The second kappa shape index (κ2) is 2.81. The lowest BCUT2D eigenvalue weighted by Gasteiger charge is -1.85. The van der Waals surface area contributed by atoms with Crippen molar-refractivity contribution in [3.63, 3.8) is 0 Å². The van der Waals surface area contributed by atoms with E-state index in [0.717, 1.165) is 0 Å². The Morgan fingerprint density at radius 3 is 1.67 bits per heavy atom. The van der Waals surface area contributed by atoms with Gasteiger partial charge in [0.05, 0.1) is 0 Å². The molecule has 0 aliphatic carbocycles. The van der Waals surface area contributed by atoms with Gasteiger partial charge in [0.1, 0.15) is 6.42 Å². The highest BCUT2D eigenvalue weighted by molar-refractivity contribution is 6.35. The van der Waals surface area contributed by atoms with Crippen LogP contribution in [0.1, 0.15) is 6.42 Å². The molecule has 0 aromatic heterocycles. The first-order valence-corrected chi connectivity index (χ1v) is 2.02. The third-order valence-corrected chi connectivity index (χ3v) is 0.550. The smallest absolute Gasteiger partial charge is 0.372 e. The average Bonchev–Trinajstić information content (AvgIpc) is 1.63. The summed E-state index contributed by atoms with van der Waals surface area (Å²) in [4.78, 5) is 29.2. The second-order valence-electron chi connectivity index (χ2n) is 1.30. The summed E-state index contributed by atoms with van der Waals surface area (Å²) in [6.07, 6.45) is -0.949. The molecule has 9 heavy (non-hydrogen) atoms. The van der Waals surface area contributed by atoms with Gasteiger partial charge in [-0.25, -0.2) is 4.79 Å². The number of hydrogen-bond acceptors (Lipinski definition) is 3. The number of carbonyl (C=O) groups excluding carboxylic acids is 1. The molecule has 50 valence electrons. The molecule has 0 fully saturated rings. The van der Waals surface area contributed by atoms with Crippen LogP contribution in [0.3, 0.4) is 0 Å². The van der Waals surface area contributed by atoms with Crippen LogP contribution in [-0.4, -0.2) is 27.9 Å². The fourth-order valence-electron chi connectivity index (χ4n) is 0.213. The number of ketones is 1. The van der Waals surface area contributed by atoms with E-state index in [0.29, 0.717) is 0 Å². The largest absolute Gasteiger partial charge is 0.481 e. The molecular formula is C4H4O5. The lowest BCUT2D eigenvalue weighted by atomic mass is 10.7. The van der Waals surface area contributed by atoms with Gasteiger partial charge in [0.2, 0.25) is 0 Å². The third kappa shape index (κ3) is 3.22. The summed E-state index contributed by atoms with van der Waals surface area (Å²) in [6, 6.07) is 0. The fourth-order valence-corrected chi connectivity index (χ4v) is 0.213. The minimum absolute atomic E-state index is 0.949. The molecule has 0 amide bonds. The van der Waals surface area contributed by atoms with Crippen LogP contribution in [0, 0.1) is 0 Å². The van der Waals surface area contributed by atoms with Gasteiger partial charge in [-0.05, 0) is 0 Å². The predicted octanol–water partition coefficient (Wildman–Crippen LogP) is -0.885. The maximum absolute atomic E-state index is 9.97. The first-order valence-electron chi connectivity index (χ1n) is 2.02. The Kier molecular flexibility index (Phi) is 2.37. The molecule has 0 atom stereocenters. The van der Waals surface area contributed by atoms with Gasteiger partial charge in [0.15, 0.2) is 0 Å². The van der Waals surface area contributed by atoms with E-state index in [2.05, 4.69) is 0 Å². The standard InChI is InChI=1S/C4H4O5/c5-2(4(8)9)1-3(6)7/h1H2,(H,6,7)(H,8,9)/i2+1,3+1. The second-order valence-corrected chi connectivity index (χ2v) is 1.30. The molecule has 0 aliphatic heterocycles. The van der Waals surface area contributed by atoms with Gasteiger partial charge in [-0.1, -0.05) is 0 Å². The normalized spacial score (nSPS) is 8.44. The van der Waals surface area contributed by atoms with Crippen LogP contribution >= 0.6 is 0 Å². The number of hydrogen-bond donors (Lipinski definition) is 2.